The number of aryl methyl sites for hydroxylation is 1. The Morgan fingerprint density at radius 3 is 2.74 bits per heavy atom. The van der Waals surface area contributed by atoms with E-state index in [0.29, 0.717) is 44.1 Å². The summed E-state index contributed by atoms with van der Waals surface area (Å²) in [7, 11) is 1.52. The Hall–Kier alpha value is -2.87. The highest BCUT2D eigenvalue weighted by Gasteiger charge is 2.31. The first-order valence-corrected chi connectivity index (χ1v) is 10.6. The second kappa shape index (κ2) is 9.09. The number of hydrogen-bond donors (Lipinski definition) is 0. The Labute approximate surface area is 181 Å². The summed E-state index contributed by atoms with van der Waals surface area (Å²) in [6.45, 7) is 3.61. The molecule has 1 fully saturated rings. The summed E-state index contributed by atoms with van der Waals surface area (Å²) >= 11 is 0. The van der Waals surface area contributed by atoms with Gasteiger partial charge in [0.05, 0.1) is 6.54 Å². The molecule has 1 saturated heterocycles. The molecule has 3 heterocycles. The Balaban J connectivity index is 1.63. The van der Waals surface area contributed by atoms with Crippen LogP contribution < -0.4 is 4.90 Å². The summed E-state index contributed by atoms with van der Waals surface area (Å²) in [6.07, 6.45) is 2.78. The molecular weight excluding hydrogens is 399 g/mol. The fraction of sp³-hybridized carbons (Fsp3) is 0.478. The van der Waals surface area contributed by atoms with Gasteiger partial charge in [-0.3, -0.25) is 14.5 Å². The van der Waals surface area contributed by atoms with Gasteiger partial charge in [0.1, 0.15) is 24.1 Å². The Morgan fingerprint density at radius 2 is 2.00 bits per heavy atom. The molecule has 0 radical (unpaired) electrons. The number of rotatable bonds is 5. The summed E-state index contributed by atoms with van der Waals surface area (Å²) in [6, 6.07) is 6.17. The van der Waals surface area contributed by atoms with E-state index >= 15 is 0 Å². The van der Waals surface area contributed by atoms with Crippen molar-refractivity contribution in [1.29, 1.82) is 0 Å². The maximum atomic E-state index is 13.3. The molecule has 7 nitrogen and oxygen atoms in total. The molecule has 0 saturated carbocycles. The molecule has 1 aromatic carbocycles. The number of carbonyl (C=O) groups excluding carboxylic acids is 2. The zero-order chi connectivity index (χ0) is 22.0. The van der Waals surface area contributed by atoms with Gasteiger partial charge in [0, 0.05) is 43.8 Å². The molecule has 1 atom stereocenters. The van der Waals surface area contributed by atoms with Gasteiger partial charge in [0.25, 0.3) is 0 Å². The minimum absolute atomic E-state index is 0.00131. The zero-order valence-electron chi connectivity index (χ0n) is 17.9. The Morgan fingerprint density at radius 1 is 1.23 bits per heavy atom. The quantitative estimate of drug-likeness (QED) is 0.735. The minimum Gasteiger partial charge on any atom is -0.375 e. The monoisotopic (exact) mass is 426 g/mol. The number of likely N-dealkylation sites (tertiary alicyclic amines) is 1. The largest absolute Gasteiger partial charge is 0.375 e. The summed E-state index contributed by atoms with van der Waals surface area (Å²) in [5.74, 6) is 0.993. The predicted molar refractivity (Wildman–Crippen MR) is 113 cm³/mol. The molecule has 4 rings (SSSR count). The van der Waals surface area contributed by atoms with E-state index in [1.807, 2.05) is 6.92 Å². The van der Waals surface area contributed by atoms with E-state index in [1.54, 1.807) is 21.9 Å². The number of carbonyl (C=O) groups is 2. The highest BCUT2D eigenvalue weighted by atomic mass is 19.1. The van der Waals surface area contributed by atoms with Crippen molar-refractivity contribution in [2.45, 2.75) is 45.1 Å². The molecule has 2 aliphatic rings. The van der Waals surface area contributed by atoms with Crippen molar-refractivity contribution in [2.24, 2.45) is 0 Å². The van der Waals surface area contributed by atoms with Gasteiger partial charge in [-0.05, 0) is 43.9 Å². The molecule has 2 aromatic rings. The molecule has 0 N–H and O–H groups in total. The SMILES string of the molecule is COCC(=O)N1CCCC(c2nc(C)c3c(n2)N(Cc2ccc(F)cc2)C(=O)CC3)C1. The third-order valence-corrected chi connectivity index (χ3v) is 6.02. The van der Waals surface area contributed by atoms with Gasteiger partial charge < -0.3 is 9.64 Å². The van der Waals surface area contributed by atoms with Crippen molar-refractivity contribution in [3.05, 3.63) is 52.7 Å². The van der Waals surface area contributed by atoms with Crippen LogP contribution in [-0.4, -0.2) is 53.5 Å². The fourth-order valence-electron chi connectivity index (χ4n) is 4.35. The first kappa shape index (κ1) is 21.4. The van der Waals surface area contributed by atoms with Gasteiger partial charge in [-0.15, -0.1) is 0 Å². The van der Waals surface area contributed by atoms with E-state index in [4.69, 9.17) is 14.7 Å². The van der Waals surface area contributed by atoms with Gasteiger partial charge in [-0.25, -0.2) is 14.4 Å². The van der Waals surface area contributed by atoms with Crippen LogP contribution in [-0.2, 0) is 27.3 Å². The minimum atomic E-state index is -0.306. The number of halogens is 1. The molecule has 2 amide bonds. The molecule has 0 spiro atoms. The van der Waals surface area contributed by atoms with Gasteiger partial charge >= 0.3 is 0 Å². The maximum Gasteiger partial charge on any atom is 0.248 e. The van der Waals surface area contributed by atoms with Gasteiger partial charge in [-0.1, -0.05) is 12.1 Å². The van der Waals surface area contributed by atoms with Crippen LogP contribution in [0.25, 0.3) is 0 Å². The van der Waals surface area contributed by atoms with Crippen molar-refractivity contribution in [1.82, 2.24) is 14.9 Å². The van der Waals surface area contributed by atoms with E-state index < -0.39 is 0 Å². The van der Waals surface area contributed by atoms with E-state index in [2.05, 4.69) is 0 Å². The molecule has 0 aliphatic carbocycles. The number of fused-ring (bicyclic) bond motifs is 1. The van der Waals surface area contributed by atoms with E-state index in [0.717, 1.165) is 29.7 Å². The predicted octanol–water partition coefficient (Wildman–Crippen LogP) is 2.76. The summed E-state index contributed by atoms with van der Waals surface area (Å²) in [5, 5.41) is 0. The Bertz CT molecular complexity index is 980. The number of methoxy groups -OCH3 is 1. The number of benzene rings is 1. The molecule has 8 heteroatoms. The number of piperidine rings is 1. The number of hydrogen-bond acceptors (Lipinski definition) is 5. The van der Waals surface area contributed by atoms with Crippen LogP contribution in [0.2, 0.25) is 0 Å². The standard InChI is InChI=1S/C23H27FN4O3/c1-15-19-9-10-20(29)28(12-16-5-7-18(24)8-6-16)23(19)26-22(25-15)17-4-3-11-27(13-17)21(30)14-31-2/h5-8,17H,3-4,9-14H2,1-2H3. The molecule has 164 valence electrons. The van der Waals surface area contributed by atoms with Crippen LogP contribution in [0, 0.1) is 12.7 Å². The van der Waals surface area contributed by atoms with Crippen LogP contribution in [0.1, 0.15) is 47.8 Å². The molecule has 1 unspecified atom stereocenters. The molecule has 2 aliphatic heterocycles. The van der Waals surface area contributed by atoms with Crippen molar-refractivity contribution < 1.29 is 18.7 Å². The van der Waals surface area contributed by atoms with Gasteiger partial charge in [0.2, 0.25) is 11.8 Å². The lowest BCUT2D eigenvalue weighted by molar-refractivity contribution is -0.136. The van der Waals surface area contributed by atoms with Crippen LogP contribution in [0.15, 0.2) is 24.3 Å². The topological polar surface area (TPSA) is 75.6 Å². The molecule has 1 aromatic heterocycles. The first-order valence-electron chi connectivity index (χ1n) is 10.6. The highest BCUT2D eigenvalue weighted by molar-refractivity contribution is 5.95. The third-order valence-electron chi connectivity index (χ3n) is 6.02. The summed E-state index contributed by atoms with van der Waals surface area (Å²) in [4.78, 5) is 38.1. The average Bonchev–Trinajstić information content (AvgIpc) is 2.77. The van der Waals surface area contributed by atoms with Crippen molar-refractivity contribution >= 4 is 17.6 Å². The lowest BCUT2D eigenvalue weighted by atomic mass is 9.95. The molecule has 0 bridgehead atoms. The van der Waals surface area contributed by atoms with Gasteiger partial charge in [-0.2, -0.15) is 0 Å². The highest BCUT2D eigenvalue weighted by Crippen LogP contribution is 2.33. The summed E-state index contributed by atoms with van der Waals surface area (Å²) in [5.41, 5.74) is 2.69. The third kappa shape index (κ3) is 4.58. The van der Waals surface area contributed by atoms with E-state index in [-0.39, 0.29) is 30.2 Å². The second-order valence-electron chi connectivity index (χ2n) is 8.19. The maximum absolute atomic E-state index is 13.3. The zero-order valence-corrected chi connectivity index (χ0v) is 17.9. The van der Waals surface area contributed by atoms with Gasteiger partial charge in [0.15, 0.2) is 0 Å². The normalized spacial score (nSPS) is 18.8. The van der Waals surface area contributed by atoms with E-state index in [9.17, 15) is 14.0 Å². The molecular formula is C23H27FN4O3. The molecule has 31 heavy (non-hydrogen) atoms. The average molecular weight is 426 g/mol. The number of amides is 2. The van der Waals surface area contributed by atoms with Crippen LogP contribution >= 0.6 is 0 Å². The van der Waals surface area contributed by atoms with Crippen LogP contribution in [0.5, 0.6) is 0 Å². The van der Waals surface area contributed by atoms with Crippen LogP contribution in [0.3, 0.4) is 0 Å². The fourth-order valence-corrected chi connectivity index (χ4v) is 4.35. The smallest absolute Gasteiger partial charge is 0.248 e. The number of nitrogens with zero attached hydrogens (tertiary/aromatic N) is 4. The lowest BCUT2D eigenvalue weighted by Gasteiger charge is -2.34. The number of anilines is 1. The summed E-state index contributed by atoms with van der Waals surface area (Å²) < 4.78 is 18.3. The van der Waals surface area contributed by atoms with Crippen molar-refractivity contribution in [2.75, 3.05) is 31.7 Å². The van der Waals surface area contributed by atoms with Crippen LogP contribution in [0.4, 0.5) is 10.2 Å². The van der Waals surface area contributed by atoms with Crippen molar-refractivity contribution in [3.8, 4) is 0 Å². The lowest BCUT2D eigenvalue weighted by Crippen LogP contribution is -2.41. The second-order valence-corrected chi connectivity index (χ2v) is 8.19. The first-order chi connectivity index (χ1) is 15.0. The number of ether oxygens (including phenoxy) is 1. The van der Waals surface area contributed by atoms with Crippen molar-refractivity contribution in [3.63, 3.8) is 0 Å². The Kier molecular flexibility index (Phi) is 6.27. The number of aromatic nitrogens is 2. The van der Waals surface area contributed by atoms with E-state index in [1.165, 1.54) is 19.2 Å².